The first kappa shape index (κ1) is 25.8. The van der Waals surface area contributed by atoms with Gasteiger partial charge in [0.1, 0.15) is 11.7 Å². The number of carbonyl (C=O) groups excluding carboxylic acids is 2. The molecule has 40 heavy (non-hydrogen) atoms. The van der Waals surface area contributed by atoms with E-state index in [1.54, 1.807) is 42.1 Å². The third kappa shape index (κ3) is 4.95. The number of carbonyl (C=O) groups is 2. The van der Waals surface area contributed by atoms with E-state index in [9.17, 15) is 19.5 Å². The summed E-state index contributed by atoms with van der Waals surface area (Å²) in [6.45, 7) is 1.07. The van der Waals surface area contributed by atoms with Gasteiger partial charge in [0.2, 0.25) is 5.91 Å². The molecule has 6 rings (SSSR count). The number of aliphatic hydroxyl groups is 1. The summed E-state index contributed by atoms with van der Waals surface area (Å²) in [5.74, 6) is 0.0826. The molecule has 0 bridgehead atoms. The molecule has 11 nitrogen and oxygen atoms in total. The summed E-state index contributed by atoms with van der Waals surface area (Å²) in [4.78, 5) is 44.9. The molecule has 2 aromatic heterocycles. The summed E-state index contributed by atoms with van der Waals surface area (Å²) in [5, 5.41) is 21.9. The third-order valence-corrected chi connectivity index (χ3v) is 7.74. The van der Waals surface area contributed by atoms with E-state index in [-0.39, 0.29) is 29.8 Å². The number of para-hydroxylation sites is 1. The first-order valence-electron chi connectivity index (χ1n) is 13.5. The standard InChI is InChI=1S/C29H31N7O4/c1-30-24-8-3-2-7-22(24)26(37)33-20-5-4-6-21(15-20)36-25-23(16-32-36)28(39)35(18-31-25)17-29(40)11-13-34(14-12-29)27(38)19-9-10-19/h2-8,15-16,18-19,30,40H,9-14,17H2,1H3,(H,33,37). The van der Waals surface area contributed by atoms with Crippen molar-refractivity contribution in [2.24, 2.45) is 5.92 Å². The van der Waals surface area contributed by atoms with Crippen LogP contribution in [0.25, 0.3) is 16.7 Å². The molecule has 2 fully saturated rings. The van der Waals surface area contributed by atoms with Crippen LogP contribution in [-0.2, 0) is 11.3 Å². The number of anilines is 2. The van der Waals surface area contributed by atoms with Gasteiger partial charge in [-0.1, -0.05) is 18.2 Å². The fraction of sp³-hybridized carbons (Fsp3) is 0.345. The van der Waals surface area contributed by atoms with Gasteiger partial charge in [0.15, 0.2) is 5.65 Å². The normalized spacial score (nSPS) is 16.6. The SMILES string of the molecule is CNc1ccccc1C(=O)Nc1cccc(-n2ncc3c(=O)n(CC4(O)CCN(C(=O)C5CC5)CC4)cnc32)c1. The number of amides is 2. The Kier molecular flexibility index (Phi) is 6.59. The van der Waals surface area contributed by atoms with Crippen LogP contribution in [0.2, 0.25) is 0 Å². The number of benzene rings is 2. The molecular formula is C29H31N7O4. The molecule has 11 heteroatoms. The summed E-state index contributed by atoms with van der Waals surface area (Å²) < 4.78 is 2.97. The van der Waals surface area contributed by atoms with Crippen LogP contribution in [-0.4, -0.2) is 66.9 Å². The van der Waals surface area contributed by atoms with Gasteiger partial charge in [-0.25, -0.2) is 9.67 Å². The summed E-state index contributed by atoms with van der Waals surface area (Å²) in [7, 11) is 1.76. The largest absolute Gasteiger partial charge is 0.388 e. The van der Waals surface area contributed by atoms with Crippen molar-refractivity contribution in [1.29, 1.82) is 0 Å². The van der Waals surface area contributed by atoms with Crippen LogP contribution in [0.4, 0.5) is 11.4 Å². The molecule has 1 aliphatic heterocycles. The number of fused-ring (bicyclic) bond motifs is 1. The Hall–Kier alpha value is -4.51. The average molecular weight is 542 g/mol. The maximum Gasteiger partial charge on any atom is 0.264 e. The lowest BCUT2D eigenvalue weighted by molar-refractivity contribution is -0.137. The number of aromatic nitrogens is 4. The topological polar surface area (TPSA) is 134 Å². The molecule has 3 heterocycles. The van der Waals surface area contributed by atoms with Crippen LogP contribution in [0.5, 0.6) is 0 Å². The summed E-state index contributed by atoms with van der Waals surface area (Å²) >= 11 is 0. The molecule has 2 amide bonds. The Labute approximate surface area is 230 Å². The van der Waals surface area contributed by atoms with Crippen molar-refractivity contribution < 1.29 is 14.7 Å². The second kappa shape index (κ2) is 10.2. The fourth-order valence-electron chi connectivity index (χ4n) is 5.27. The average Bonchev–Trinajstić information content (AvgIpc) is 3.73. The van der Waals surface area contributed by atoms with E-state index in [2.05, 4.69) is 20.7 Å². The minimum absolute atomic E-state index is 0.0982. The maximum absolute atomic E-state index is 13.3. The van der Waals surface area contributed by atoms with Gasteiger partial charge in [0, 0.05) is 37.4 Å². The van der Waals surface area contributed by atoms with Gasteiger partial charge in [-0.05, 0) is 56.0 Å². The van der Waals surface area contributed by atoms with Crippen LogP contribution in [0.1, 0.15) is 36.0 Å². The second-order valence-corrected chi connectivity index (χ2v) is 10.6. The number of piperidine rings is 1. The highest BCUT2D eigenvalue weighted by molar-refractivity contribution is 6.08. The highest BCUT2D eigenvalue weighted by atomic mass is 16.3. The Morgan fingerprint density at radius 1 is 1.10 bits per heavy atom. The molecule has 1 saturated carbocycles. The zero-order valence-corrected chi connectivity index (χ0v) is 22.2. The second-order valence-electron chi connectivity index (χ2n) is 10.6. The predicted octanol–water partition coefficient (Wildman–Crippen LogP) is 2.64. The van der Waals surface area contributed by atoms with Crippen molar-refractivity contribution in [3.63, 3.8) is 0 Å². The molecule has 1 saturated heterocycles. The van der Waals surface area contributed by atoms with Crippen molar-refractivity contribution in [2.45, 2.75) is 37.8 Å². The Balaban J connectivity index is 1.20. The van der Waals surface area contributed by atoms with E-state index in [4.69, 9.17) is 0 Å². The zero-order valence-electron chi connectivity index (χ0n) is 22.2. The fourth-order valence-corrected chi connectivity index (χ4v) is 5.27. The van der Waals surface area contributed by atoms with Gasteiger partial charge < -0.3 is 20.6 Å². The Morgan fingerprint density at radius 3 is 2.62 bits per heavy atom. The Bertz CT molecular complexity index is 1650. The van der Waals surface area contributed by atoms with Crippen LogP contribution in [0.3, 0.4) is 0 Å². The van der Waals surface area contributed by atoms with Crippen LogP contribution in [0.15, 0.2) is 65.8 Å². The molecular weight excluding hydrogens is 510 g/mol. The number of likely N-dealkylation sites (tertiary alicyclic amines) is 1. The van der Waals surface area contributed by atoms with Gasteiger partial charge in [-0.3, -0.25) is 19.0 Å². The number of nitrogens with one attached hydrogen (secondary N) is 2. The van der Waals surface area contributed by atoms with Crippen LogP contribution in [0, 0.1) is 5.92 Å². The lowest BCUT2D eigenvalue weighted by atomic mass is 9.91. The monoisotopic (exact) mass is 541 g/mol. The van der Waals surface area contributed by atoms with Crippen molar-refractivity contribution in [3.05, 3.63) is 77.0 Å². The molecule has 1 aliphatic carbocycles. The van der Waals surface area contributed by atoms with Crippen LogP contribution >= 0.6 is 0 Å². The molecule has 0 radical (unpaired) electrons. The predicted molar refractivity (Wildman–Crippen MR) is 151 cm³/mol. The third-order valence-electron chi connectivity index (χ3n) is 7.74. The number of nitrogens with zero attached hydrogens (tertiary/aromatic N) is 5. The molecule has 3 N–H and O–H groups in total. The molecule has 4 aromatic rings. The molecule has 2 aromatic carbocycles. The maximum atomic E-state index is 13.3. The minimum Gasteiger partial charge on any atom is -0.388 e. The van der Waals surface area contributed by atoms with E-state index < -0.39 is 5.60 Å². The smallest absolute Gasteiger partial charge is 0.264 e. The summed E-state index contributed by atoms with van der Waals surface area (Å²) in [5.41, 5.74) is 1.43. The highest BCUT2D eigenvalue weighted by Crippen LogP contribution is 2.33. The van der Waals surface area contributed by atoms with Crippen molar-refractivity contribution >= 4 is 34.2 Å². The van der Waals surface area contributed by atoms with Gasteiger partial charge in [-0.15, -0.1) is 0 Å². The molecule has 0 unspecified atom stereocenters. The Morgan fingerprint density at radius 2 is 1.88 bits per heavy atom. The van der Waals surface area contributed by atoms with Crippen molar-refractivity contribution in [3.8, 4) is 5.69 Å². The van der Waals surface area contributed by atoms with Gasteiger partial charge >= 0.3 is 0 Å². The first-order valence-corrected chi connectivity index (χ1v) is 13.5. The molecule has 0 atom stereocenters. The quantitative estimate of drug-likeness (QED) is 0.327. The number of hydrogen-bond donors (Lipinski definition) is 3. The van der Waals surface area contributed by atoms with Crippen molar-refractivity contribution in [1.82, 2.24) is 24.2 Å². The van der Waals surface area contributed by atoms with Gasteiger partial charge in [0.05, 0.1) is 29.6 Å². The van der Waals surface area contributed by atoms with E-state index in [1.165, 1.54) is 17.1 Å². The molecule has 0 spiro atoms. The highest BCUT2D eigenvalue weighted by Gasteiger charge is 2.39. The molecule has 2 aliphatic rings. The molecule has 206 valence electrons. The lowest BCUT2D eigenvalue weighted by Crippen LogP contribution is -2.50. The van der Waals surface area contributed by atoms with Crippen molar-refractivity contribution in [2.75, 3.05) is 30.8 Å². The van der Waals surface area contributed by atoms with E-state index in [1.807, 2.05) is 23.1 Å². The number of hydrogen-bond acceptors (Lipinski definition) is 7. The first-order chi connectivity index (χ1) is 19.3. The zero-order chi connectivity index (χ0) is 27.9. The minimum atomic E-state index is -1.09. The summed E-state index contributed by atoms with van der Waals surface area (Å²) in [6.07, 6.45) is 5.63. The van der Waals surface area contributed by atoms with E-state index in [0.717, 1.165) is 18.5 Å². The lowest BCUT2D eigenvalue weighted by Gasteiger charge is -2.38. The summed E-state index contributed by atoms with van der Waals surface area (Å²) in [6, 6.07) is 14.4. The van der Waals surface area contributed by atoms with Gasteiger partial charge in [0.25, 0.3) is 11.5 Å². The van der Waals surface area contributed by atoms with E-state index in [0.29, 0.717) is 53.9 Å². The van der Waals surface area contributed by atoms with Crippen LogP contribution < -0.4 is 16.2 Å². The van der Waals surface area contributed by atoms with Gasteiger partial charge in [-0.2, -0.15) is 5.10 Å². The number of rotatable bonds is 7. The van der Waals surface area contributed by atoms with E-state index >= 15 is 0 Å².